The number of aryl methyl sites for hydroxylation is 1. The highest BCUT2D eigenvalue weighted by molar-refractivity contribution is 6.31. The largest absolute Gasteiger partial charge is 0.350 e. The van der Waals surface area contributed by atoms with Crippen LogP contribution in [-0.4, -0.2) is 10.6 Å². The third-order valence-electron chi connectivity index (χ3n) is 2.58. The fourth-order valence-corrected chi connectivity index (χ4v) is 2.12. The van der Waals surface area contributed by atoms with E-state index in [2.05, 4.69) is 16.8 Å². The second kappa shape index (κ2) is 3.87. The van der Waals surface area contributed by atoms with Gasteiger partial charge in [-0.1, -0.05) is 17.7 Å². The number of hydrogen-bond acceptors (Lipinski definition) is 1. The van der Waals surface area contributed by atoms with Crippen LogP contribution in [0.4, 0.5) is 0 Å². The van der Waals surface area contributed by atoms with Crippen LogP contribution in [0, 0.1) is 0 Å². The SMILES string of the molecule is C[C@H](N)Cc1cn(C)c2cc(Cl)ccc12. The van der Waals surface area contributed by atoms with Gasteiger partial charge in [0.1, 0.15) is 0 Å². The Kier molecular flexibility index (Phi) is 2.72. The zero-order valence-corrected chi connectivity index (χ0v) is 9.75. The Bertz CT molecular complexity index is 486. The van der Waals surface area contributed by atoms with Crippen molar-refractivity contribution in [2.24, 2.45) is 12.8 Å². The van der Waals surface area contributed by atoms with Crippen LogP contribution >= 0.6 is 11.6 Å². The Morgan fingerprint density at radius 2 is 2.20 bits per heavy atom. The molecule has 0 saturated carbocycles. The van der Waals surface area contributed by atoms with Gasteiger partial charge in [0.2, 0.25) is 0 Å². The van der Waals surface area contributed by atoms with E-state index in [0.717, 1.165) is 17.0 Å². The predicted molar refractivity (Wildman–Crippen MR) is 65.3 cm³/mol. The van der Waals surface area contributed by atoms with Crippen molar-refractivity contribution in [1.82, 2.24) is 4.57 Å². The Balaban J connectivity index is 2.57. The second-order valence-corrected chi connectivity index (χ2v) is 4.54. The van der Waals surface area contributed by atoms with E-state index in [1.165, 1.54) is 10.9 Å². The minimum atomic E-state index is 0.186. The average Bonchev–Trinajstić information content (AvgIpc) is 2.42. The van der Waals surface area contributed by atoms with Crippen LogP contribution in [0.15, 0.2) is 24.4 Å². The number of fused-ring (bicyclic) bond motifs is 1. The molecule has 0 saturated heterocycles. The van der Waals surface area contributed by atoms with Gasteiger partial charge in [0.25, 0.3) is 0 Å². The number of nitrogens with zero attached hydrogens (tertiary/aromatic N) is 1. The lowest BCUT2D eigenvalue weighted by Crippen LogP contribution is -2.17. The van der Waals surface area contributed by atoms with Crippen molar-refractivity contribution in [3.8, 4) is 0 Å². The van der Waals surface area contributed by atoms with Gasteiger partial charge in [-0.2, -0.15) is 0 Å². The molecule has 0 radical (unpaired) electrons. The molecule has 3 heteroatoms. The lowest BCUT2D eigenvalue weighted by molar-refractivity contribution is 0.738. The molecule has 1 aromatic carbocycles. The van der Waals surface area contributed by atoms with Crippen LogP contribution < -0.4 is 5.73 Å². The summed E-state index contributed by atoms with van der Waals surface area (Å²) in [6, 6.07) is 6.16. The van der Waals surface area contributed by atoms with Gasteiger partial charge in [0.15, 0.2) is 0 Å². The van der Waals surface area contributed by atoms with Crippen molar-refractivity contribution in [1.29, 1.82) is 0 Å². The first kappa shape index (κ1) is 10.5. The van der Waals surface area contributed by atoms with E-state index in [-0.39, 0.29) is 6.04 Å². The molecule has 0 bridgehead atoms. The van der Waals surface area contributed by atoms with Gasteiger partial charge in [0.05, 0.1) is 0 Å². The standard InChI is InChI=1S/C12H15ClN2/c1-8(14)5-9-7-15(2)12-6-10(13)3-4-11(9)12/h3-4,6-8H,5,14H2,1-2H3/t8-/m0/s1. The number of aromatic nitrogens is 1. The topological polar surface area (TPSA) is 30.9 Å². The Morgan fingerprint density at radius 1 is 1.47 bits per heavy atom. The first-order valence-corrected chi connectivity index (χ1v) is 5.45. The van der Waals surface area contributed by atoms with Crippen molar-refractivity contribution < 1.29 is 0 Å². The Hall–Kier alpha value is -0.990. The molecule has 0 amide bonds. The molecule has 1 atom stereocenters. The monoisotopic (exact) mass is 222 g/mol. The molecular weight excluding hydrogens is 208 g/mol. The highest BCUT2D eigenvalue weighted by Crippen LogP contribution is 2.24. The first-order valence-electron chi connectivity index (χ1n) is 5.07. The molecule has 80 valence electrons. The van der Waals surface area contributed by atoms with E-state index in [1.54, 1.807) is 0 Å². The highest BCUT2D eigenvalue weighted by Gasteiger charge is 2.08. The lowest BCUT2D eigenvalue weighted by atomic mass is 10.1. The normalized spacial score (nSPS) is 13.3. The van der Waals surface area contributed by atoms with Gasteiger partial charge in [-0.05, 0) is 31.0 Å². The molecule has 15 heavy (non-hydrogen) atoms. The second-order valence-electron chi connectivity index (χ2n) is 4.11. The molecule has 0 aliphatic heterocycles. The zero-order chi connectivity index (χ0) is 11.0. The maximum Gasteiger partial charge on any atom is 0.0495 e. The third-order valence-corrected chi connectivity index (χ3v) is 2.81. The summed E-state index contributed by atoms with van der Waals surface area (Å²) in [7, 11) is 2.03. The van der Waals surface area contributed by atoms with Crippen LogP contribution in [0.5, 0.6) is 0 Å². The Labute approximate surface area is 94.6 Å². The van der Waals surface area contributed by atoms with Crippen LogP contribution in [0.3, 0.4) is 0 Å². The number of hydrogen-bond donors (Lipinski definition) is 1. The maximum atomic E-state index is 5.97. The minimum Gasteiger partial charge on any atom is -0.350 e. The quantitative estimate of drug-likeness (QED) is 0.833. The summed E-state index contributed by atoms with van der Waals surface area (Å²) >= 11 is 5.97. The molecule has 1 heterocycles. The van der Waals surface area contributed by atoms with Crippen LogP contribution in [0.2, 0.25) is 5.02 Å². The summed E-state index contributed by atoms with van der Waals surface area (Å²) < 4.78 is 2.10. The van der Waals surface area contributed by atoms with E-state index in [1.807, 2.05) is 26.1 Å². The molecule has 0 aliphatic rings. The van der Waals surface area contributed by atoms with Gasteiger partial charge < -0.3 is 10.3 Å². The van der Waals surface area contributed by atoms with Gasteiger partial charge in [0, 0.05) is 35.2 Å². The van der Waals surface area contributed by atoms with E-state index < -0.39 is 0 Å². The molecule has 2 aromatic rings. The number of nitrogens with two attached hydrogens (primary N) is 1. The van der Waals surface area contributed by atoms with Crippen molar-refractivity contribution in [3.05, 3.63) is 35.0 Å². The maximum absolute atomic E-state index is 5.97. The molecule has 0 spiro atoms. The van der Waals surface area contributed by atoms with Crippen molar-refractivity contribution >= 4 is 22.5 Å². The van der Waals surface area contributed by atoms with E-state index in [9.17, 15) is 0 Å². The number of benzene rings is 1. The van der Waals surface area contributed by atoms with Crippen LogP contribution in [0.25, 0.3) is 10.9 Å². The van der Waals surface area contributed by atoms with E-state index in [0.29, 0.717) is 0 Å². The molecule has 2 nitrogen and oxygen atoms in total. The number of rotatable bonds is 2. The third kappa shape index (κ3) is 2.01. The smallest absolute Gasteiger partial charge is 0.0495 e. The van der Waals surface area contributed by atoms with Gasteiger partial charge in [-0.15, -0.1) is 0 Å². The molecule has 1 aromatic heterocycles. The summed E-state index contributed by atoms with van der Waals surface area (Å²) in [5.41, 5.74) is 8.28. The summed E-state index contributed by atoms with van der Waals surface area (Å²) in [6.45, 7) is 2.02. The highest BCUT2D eigenvalue weighted by atomic mass is 35.5. The van der Waals surface area contributed by atoms with Gasteiger partial charge in [-0.25, -0.2) is 0 Å². The molecule has 2 N–H and O–H groups in total. The first-order chi connectivity index (χ1) is 7.08. The number of halogens is 1. The lowest BCUT2D eigenvalue weighted by Gasteiger charge is -2.02. The Morgan fingerprint density at radius 3 is 2.87 bits per heavy atom. The van der Waals surface area contributed by atoms with E-state index in [4.69, 9.17) is 17.3 Å². The van der Waals surface area contributed by atoms with Gasteiger partial charge in [-0.3, -0.25) is 0 Å². The summed E-state index contributed by atoms with van der Waals surface area (Å²) in [5.74, 6) is 0. The molecule has 0 fully saturated rings. The molecular formula is C12H15ClN2. The average molecular weight is 223 g/mol. The van der Waals surface area contributed by atoms with Crippen molar-refractivity contribution in [3.63, 3.8) is 0 Å². The van der Waals surface area contributed by atoms with Crippen molar-refractivity contribution in [2.75, 3.05) is 0 Å². The fraction of sp³-hybridized carbons (Fsp3) is 0.333. The van der Waals surface area contributed by atoms with Crippen LogP contribution in [0.1, 0.15) is 12.5 Å². The van der Waals surface area contributed by atoms with Gasteiger partial charge >= 0.3 is 0 Å². The van der Waals surface area contributed by atoms with Crippen molar-refractivity contribution in [2.45, 2.75) is 19.4 Å². The predicted octanol–water partition coefficient (Wildman–Crippen LogP) is 2.72. The molecule has 0 unspecified atom stereocenters. The zero-order valence-electron chi connectivity index (χ0n) is 9.00. The summed E-state index contributed by atoms with van der Waals surface area (Å²) in [6.07, 6.45) is 3.03. The summed E-state index contributed by atoms with van der Waals surface area (Å²) in [5, 5.41) is 2.02. The van der Waals surface area contributed by atoms with Crippen LogP contribution in [-0.2, 0) is 13.5 Å². The molecule has 0 aliphatic carbocycles. The molecule has 2 rings (SSSR count). The fourth-order valence-electron chi connectivity index (χ4n) is 1.95. The summed E-state index contributed by atoms with van der Waals surface area (Å²) in [4.78, 5) is 0. The van der Waals surface area contributed by atoms with E-state index >= 15 is 0 Å². The minimum absolute atomic E-state index is 0.186.